The van der Waals surface area contributed by atoms with Gasteiger partial charge in [-0.1, -0.05) is 0 Å². The average Bonchev–Trinajstić information content (AvgIpc) is 2.71. The van der Waals surface area contributed by atoms with Crippen molar-refractivity contribution in [3.8, 4) is 0 Å². The van der Waals surface area contributed by atoms with E-state index >= 15 is 0 Å². The fourth-order valence-corrected chi connectivity index (χ4v) is 1.86. The van der Waals surface area contributed by atoms with Crippen LogP contribution in [0.25, 0.3) is 0 Å². The van der Waals surface area contributed by atoms with Crippen molar-refractivity contribution in [1.82, 2.24) is 15.3 Å². The van der Waals surface area contributed by atoms with E-state index in [0.29, 0.717) is 19.0 Å². The summed E-state index contributed by atoms with van der Waals surface area (Å²) in [5.74, 6) is 0.173. The van der Waals surface area contributed by atoms with Gasteiger partial charge in [0.05, 0.1) is 6.61 Å². The van der Waals surface area contributed by atoms with Gasteiger partial charge in [-0.15, -0.1) is 0 Å². The highest BCUT2D eigenvalue weighted by Crippen LogP contribution is 2.28. The van der Waals surface area contributed by atoms with Gasteiger partial charge in [-0.2, -0.15) is 0 Å². The molecule has 2 atom stereocenters. The Bertz CT molecular complexity index is 351. The number of nitrogens with two attached hydrogens (primary N) is 1. The number of ether oxygens (including phenoxy) is 1. The summed E-state index contributed by atoms with van der Waals surface area (Å²) in [7, 11) is 0. The lowest BCUT2D eigenvalue weighted by atomic mass is 9.93. The molecule has 0 spiro atoms. The summed E-state index contributed by atoms with van der Waals surface area (Å²) in [4.78, 5) is 18.4. The molecule has 0 saturated carbocycles. The van der Waals surface area contributed by atoms with Crippen LogP contribution in [0.2, 0.25) is 0 Å². The molecule has 0 aromatic carbocycles. The van der Waals surface area contributed by atoms with Gasteiger partial charge in [0.2, 0.25) is 5.91 Å². The highest BCUT2D eigenvalue weighted by molar-refractivity contribution is 5.81. The number of carbonyl (C=O) groups excluding carboxylic acids is 1. The molecule has 1 aromatic rings. The standard InChI is InChI=1S/C9H14N4O2/c1-9(8-12-2-3-13-8)6(7(10)14)11-4-5-15-9/h2-3,6,11H,4-5H2,1H3,(H2,10,14)(H,12,13). The van der Waals surface area contributed by atoms with Crippen LogP contribution in [0.4, 0.5) is 0 Å². The van der Waals surface area contributed by atoms with Crippen molar-refractivity contribution in [3.63, 3.8) is 0 Å². The molecule has 2 unspecified atom stereocenters. The SMILES string of the molecule is CC1(c2ncc[nH]2)OCCNC1C(N)=O. The fraction of sp³-hybridized carbons (Fsp3) is 0.556. The second-order valence-electron chi connectivity index (χ2n) is 3.68. The number of nitrogens with zero attached hydrogens (tertiary/aromatic N) is 1. The number of carbonyl (C=O) groups is 1. The van der Waals surface area contributed by atoms with E-state index in [4.69, 9.17) is 10.5 Å². The molecule has 1 amide bonds. The van der Waals surface area contributed by atoms with E-state index in [9.17, 15) is 4.79 Å². The Kier molecular flexibility index (Phi) is 2.45. The molecule has 0 aliphatic carbocycles. The van der Waals surface area contributed by atoms with Gasteiger partial charge in [-0.05, 0) is 6.92 Å². The first kappa shape index (κ1) is 10.1. The highest BCUT2D eigenvalue weighted by Gasteiger charge is 2.44. The summed E-state index contributed by atoms with van der Waals surface area (Å²) in [5.41, 5.74) is 4.51. The third-order valence-corrected chi connectivity index (χ3v) is 2.66. The molecule has 1 fully saturated rings. The number of H-pyrrole nitrogens is 1. The Hall–Kier alpha value is -1.40. The normalized spacial score (nSPS) is 31.4. The lowest BCUT2D eigenvalue weighted by Crippen LogP contribution is -2.60. The maximum atomic E-state index is 11.3. The van der Waals surface area contributed by atoms with Gasteiger partial charge in [-0.25, -0.2) is 4.98 Å². The molecule has 1 aliphatic heterocycles. The van der Waals surface area contributed by atoms with Gasteiger partial charge in [-0.3, -0.25) is 4.79 Å². The van der Waals surface area contributed by atoms with Crippen molar-refractivity contribution in [2.75, 3.05) is 13.2 Å². The van der Waals surface area contributed by atoms with Crippen LogP contribution in [-0.2, 0) is 15.1 Å². The largest absolute Gasteiger partial charge is 0.368 e. The van der Waals surface area contributed by atoms with Crippen LogP contribution in [0.1, 0.15) is 12.7 Å². The van der Waals surface area contributed by atoms with E-state index in [1.54, 1.807) is 19.3 Å². The minimum Gasteiger partial charge on any atom is -0.368 e. The number of aromatic amines is 1. The predicted molar refractivity (Wildman–Crippen MR) is 52.9 cm³/mol. The Labute approximate surface area is 87.2 Å². The summed E-state index contributed by atoms with van der Waals surface area (Å²) >= 11 is 0. The second-order valence-corrected chi connectivity index (χ2v) is 3.68. The molecule has 1 aromatic heterocycles. The van der Waals surface area contributed by atoms with Gasteiger partial charge in [0.25, 0.3) is 0 Å². The first-order chi connectivity index (χ1) is 7.14. The molecule has 6 heteroatoms. The maximum Gasteiger partial charge on any atom is 0.238 e. The van der Waals surface area contributed by atoms with E-state index < -0.39 is 17.6 Å². The summed E-state index contributed by atoms with van der Waals surface area (Å²) in [5, 5.41) is 3.04. The minimum atomic E-state index is -0.812. The van der Waals surface area contributed by atoms with E-state index in [-0.39, 0.29) is 0 Å². The first-order valence-electron chi connectivity index (χ1n) is 4.81. The van der Waals surface area contributed by atoms with E-state index in [2.05, 4.69) is 15.3 Å². The summed E-state index contributed by atoms with van der Waals surface area (Å²) in [6.07, 6.45) is 3.31. The lowest BCUT2D eigenvalue weighted by molar-refractivity contribution is -0.139. The number of rotatable bonds is 2. The predicted octanol–water partition coefficient (Wildman–Crippen LogP) is -0.901. The van der Waals surface area contributed by atoms with Crippen molar-refractivity contribution >= 4 is 5.91 Å². The molecule has 0 radical (unpaired) electrons. The summed E-state index contributed by atoms with van der Waals surface area (Å²) < 4.78 is 5.63. The van der Waals surface area contributed by atoms with Crippen molar-refractivity contribution in [2.45, 2.75) is 18.6 Å². The van der Waals surface area contributed by atoms with Crippen LogP contribution < -0.4 is 11.1 Å². The number of imidazole rings is 1. The Balaban J connectivity index is 2.34. The van der Waals surface area contributed by atoms with Gasteiger partial charge < -0.3 is 20.8 Å². The van der Waals surface area contributed by atoms with Gasteiger partial charge >= 0.3 is 0 Å². The van der Waals surface area contributed by atoms with E-state index in [0.717, 1.165) is 0 Å². The van der Waals surface area contributed by atoms with Crippen LogP contribution in [0.3, 0.4) is 0 Å². The number of hydrogen-bond acceptors (Lipinski definition) is 4. The first-order valence-corrected chi connectivity index (χ1v) is 4.81. The topological polar surface area (TPSA) is 93.0 Å². The third kappa shape index (κ3) is 1.62. The Morgan fingerprint density at radius 2 is 2.60 bits per heavy atom. The monoisotopic (exact) mass is 210 g/mol. The fourth-order valence-electron chi connectivity index (χ4n) is 1.86. The van der Waals surface area contributed by atoms with Crippen molar-refractivity contribution < 1.29 is 9.53 Å². The number of aromatic nitrogens is 2. The minimum absolute atomic E-state index is 0.436. The lowest BCUT2D eigenvalue weighted by Gasteiger charge is -2.38. The molecule has 0 bridgehead atoms. The van der Waals surface area contributed by atoms with Gasteiger partial charge in [0.1, 0.15) is 17.5 Å². The highest BCUT2D eigenvalue weighted by atomic mass is 16.5. The Morgan fingerprint density at radius 3 is 3.20 bits per heavy atom. The summed E-state index contributed by atoms with van der Waals surface area (Å²) in [6, 6.07) is -0.558. The average molecular weight is 210 g/mol. The van der Waals surface area contributed by atoms with Crippen LogP contribution in [0, 0.1) is 0 Å². The van der Waals surface area contributed by atoms with Crippen LogP contribution in [0.15, 0.2) is 12.4 Å². The second kappa shape index (κ2) is 3.63. The van der Waals surface area contributed by atoms with Crippen molar-refractivity contribution in [2.24, 2.45) is 5.73 Å². The van der Waals surface area contributed by atoms with Crippen LogP contribution in [0.5, 0.6) is 0 Å². The van der Waals surface area contributed by atoms with Crippen molar-refractivity contribution in [3.05, 3.63) is 18.2 Å². The molecule has 2 rings (SSSR count). The van der Waals surface area contributed by atoms with E-state index in [1.807, 2.05) is 0 Å². The molecule has 82 valence electrons. The molecule has 15 heavy (non-hydrogen) atoms. The number of hydrogen-bond donors (Lipinski definition) is 3. The van der Waals surface area contributed by atoms with Gasteiger partial charge in [0, 0.05) is 18.9 Å². The maximum absolute atomic E-state index is 11.3. The third-order valence-electron chi connectivity index (χ3n) is 2.66. The van der Waals surface area contributed by atoms with Crippen LogP contribution >= 0.6 is 0 Å². The zero-order chi connectivity index (χ0) is 10.9. The van der Waals surface area contributed by atoms with Crippen molar-refractivity contribution in [1.29, 1.82) is 0 Å². The number of amides is 1. The zero-order valence-electron chi connectivity index (χ0n) is 8.49. The molecule has 6 nitrogen and oxygen atoms in total. The summed E-state index contributed by atoms with van der Waals surface area (Å²) in [6.45, 7) is 2.94. The molecular weight excluding hydrogens is 196 g/mol. The number of nitrogens with one attached hydrogen (secondary N) is 2. The molecule has 2 heterocycles. The van der Waals surface area contributed by atoms with Gasteiger partial charge in [0.15, 0.2) is 0 Å². The molecule has 1 aliphatic rings. The number of primary amides is 1. The van der Waals surface area contributed by atoms with E-state index in [1.165, 1.54) is 0 Å². The molecular formula is C9H14N4O2. The quantitative estimate of drug-likeness (QED) is 0.589. The van der Waals surface area contributed by atoms with Crippen LogP contribution in [-0.4, -0.2) is 35.1 Å². The zero-order valence-corrected chi connectivity index (χ0v) is 8.49. The Morgan fingerprint density at radius 1 is 1.80 bits per heavy atom. The molecule has 4 N–H and O–H groups in total. The smallest absolute Gasteiger partial charge is 0.238 e. The molecule has 1 saturated heterocycles. The number of morpholine rings is 1.